The molecule has 3 aromatic rings. The number of hydrogen-bond donors (Lipinski definition) is 6. The van der Waals surface area contributed by atoms with Gasteiger partial charge in [0.15, 0.2) is 0 Å². The molecular formula is C73H110N6O13. The van der Waals surface area contributed by atoms with Gasteiger partial charge in [0, 0.05) is 5.92 Å². The molecule has 0 saturated carbocycles. The van der Waals surface area contributed by atoms with Crippen LogP contribution in [0.1, 0.15) is 222 Å². The lowest BCUT2D eigenvalue weighted by Crippen LogP contribution is -2.61. The normalized spacial score (nSPS) is 14.7. The van der Waals surface area contributed by atoms with Crippen molar-refractivity contribution in [1.29, 1.82) is 0 Å². The fourth-order valence-electron chi connectivity index (χ4n) is 11.3. The number of benzene rings is 3. The summed E-state index contributed by atoms with van der Waals surface area (Å²) in [5.74, 6) is -7.59. The molecule has 3 aromatic carbocycles. The Labute approximate surface area is 548 Å². The first kappa shape index (κ1) is 77.1. The summed E-state index contributed by atoms with van der Waals surface area (Å²) in [4.78, 5) is 127. The molecule has 0 bridgehead atoms. The van der Waals surface area contributed by atoms with Gasteiger partial charge in [-0.05, 0) is 110 Å². The molecule has 0 heterocycles. The maximum atomic E-state index is 14.7. The number of nitrogens with one attached hydrogen (secondary N) is 6. The Balaban J connectivity index is 1.52. The lowest BCUT2D eigenvalue weighted by atomic mass is 9.97. The van der Waals surface area contributed by atoms with E-state index in [0.717, 1.165) is 53.5 Å². The van der Waals surface area contributed by atoms with Crippen molar-refractivity contribution < 1.29 is 62.1 Å². The molecule has 0 aromatic heterocycles. The number of esters is 3. The van der Waals surface area contributed by atoms with E-state index < -0.39 is 120 Å². The number of rotatable bonds is 40. The summed E-state index contributed by atoms with van der Waals surface area (Å²) >= 11 is 0. The molecule has 19 nitrogen and oxygen atoms in total. The quantitative estimate of drug-likeness (QED) is 0.0176. The molecule has 0 spiro atoms. The van der Waals surface area contributed by atoms with Gasteiger partial charge in [0.2, 0.25) is 29.5 Å². The number of amides is 6. The van der Waals surface area contributed by atoms with Gasteiger partial charge in [-0.25, -0.2) is 9.59 Å². The van der Waals surface area contributed by atoms with Gasteiger partial charge in [-0.15, -0.1) is 0 Å². The zero-order chi connectivity index (χ0) is 68.1. The topological polar surface area (TPSA) is 263 Å². The Bertz CT molecular complexity index is 2790. The van der Waals surface area contributed by atoms with E-state index in [4.69, 9.17) is 18.9 Å². The van der Waals surface area contributed by atoms with Gasteiger partial charge in [-0.3, -0.25) is 33.6 Å². The molecule has 1 unspecified atom stereocenters. The van der Waals surface area contributed by atoms with Crippen LogP contribution in [0.5, 0.6) is 0 Å². The molecule has 6 N–H and O–H groups in total. The molecule has 6 amide bonds. The molecule has 510 valence electrons. The van der Waals surface area contributed by atoms with Crippen LogP contribution in [0.2, 0.25) is 0 Å². The summed E-state index contributed by atoms with van der Waals surface area (Å²) in [5, 5.41) is 16.6. The van der Waals surface area contributed by atoms with Crippen LogP contribution in [0.3, 0.4) is 0 Å². The molecule has 0 aliphatic heterocycles. The van der Waals surface area contributed by atoms with Crippen LogP contribution < -0.4 is 31.9 Å². The lowest BCUT2D eigenvalue weighted by Gasteiger charge is -2.30. The lowest BCUT2D eigenvalue weighted by molar-refractivity contribution is -0.160. The summed E-state index contributed by atoms with van der Waals surface area (Å²) in [6.07, 6.45) is 8.44. The molecule has 0 fully saturated rings. The van der Waals surface area contributed by atoms with E-state index in [0.29, 0.717) is 19.3 Å². The Morgan fingerprint density at radius 1 is 0.478 bits per heavy atom. The minimum Gasteiger partial charge on any atom is -0.461 e. The minimum absolute atomic E-state index is 0.0250. The first-order chi connectivity index (χ1) is 43.6. The third-order valence-corrected chi connectivity index (χ3v) is 16.3. The van der Waals surface area contributed by atoms with Gasteiger partial charge in [0.05, 0.1) is 12.8 Å². The summed E-state index contributed by atoms with van der Waals surface area (Å²) in [6, 6.07) is 17.4. The molecular weight excluding hydrogens is 1170 g/mol. The van der Waals surface area contributed by atoms with Crippen molar-refractivity contribution in [3.05, 3.63) is 95.6 Å². The molecule has 1 aliphatic carbocycles. The third kappa shape index (κ3) is 27.1. The number of carbonyl (C=O) groups excluding carboxylic acids is 9. The van der Waals surface area contributed by atoms with Gasteiger partial charge in [0.1, 0.15) is 61.2 Å². The SMILES string of the molecule is CCCCCCCCCCCC(CC(=O)OCc1ccccc1)OC(=O)[C@@H](NC(=O)[C@@H](CC(C)C)NC(=O)[C@H](CC(=O)OC(C)(C)C)NC(=O)[C@@H](NC(=O)[C@H](CC(C)C)NC(=O)[C@H](CC(C)C)NC(=O)OCC1c2ccccc2-c2ccccc21)C(C)C)[C@@H](C)CC. The van der Waals surface area contributed by atoms with Crippen molar-refractivity contribution in [1.82, 2.24) is 31.9 Å². The summed E-state index contributed by atoms with van der Waals surface area (Å²) in [7, 11) is 0. The van der Waals surface area contributed by atoms with Crippen molar-refractivity contribution in [2.24, 2.45) is 29.6 Å². The van der Waals surface area contributed by atoms with Gasteiger partial charge in [-0.1, -0.05) is 213 Å². The second-order valence-electron chi connectivity index (χ2n) is 27.5. The number of unbranched alkanes of at least 4 members (excludes halogenated alkanes) is 8. The van der Waals surface area contributed by atoms with Crippen LogP contribution in [-0.4, -0.2) is 108 Å². The molecule has 0 saturated heterocycles. The van der Waals surface area contributed by atoms with E-state index in [-0.39, 0.29) is 62.6 Å². The van der Waals surface area contributed by atoms with Gasteiger partial charge in [0.25, 0.3) is 0 Å². The van der Waals surface area contributed by atoms with E-state index in [2.05, 4.69) is 38.8 Å². The molecule has 19 heteroatoms. The van der Waals surface area contributed by atoms with E-state index in [1.54, 1.807) is 41.5 Å². The van der Waals surface area contributed by atoms with E-state index in [9.17, 15) is 43.2 Å². The maximum absolute atomic E-state index is 14.7. The number of alkyl carbamates (subject to hydrolysis) is 1. The number of fused-ring (bicyclic) bond motifs is 3. The van der Waals surface area contributed by atoms with E-state index >= 15 is 0 Å². The number of hydrogen-bond acceptors (Lipinski definition) is 13. The largest absolute Gasteiger partial charge is 0.461 e. The zero-order valence-corrected chi connectivity index (χ0v) is 57.5. The molecule has 8 atom stereocenters. The molecule has 92 heavy (non-hydrogen) atoms. The Hall–Kier alpha value is -7.31. The van der Waals surface area contributed by atoms with Crippen molar-refractivity contribution >= 4 is 53.5 Å². The standard InChI is InChI=1S/C73H110N6O13/c1-15-17-18-19-20-21-22-23-27-34-52(42-62(80)89-44-51-32-25-24-26-33-51)91-71(87)65(50(11)16-2)79-69(85)59(40-47(5)6)75-67(83)61(43-63(81)92-73(12,13)14)76-70(86)64(49(9)10)78-68(84)58(39-46(3)4)74-66(82)60(41-48(7)8)77-72(88)90-45-57-55-37-30-28-35-53(55)54-36-29-31-38-56(54)57/h24-26,28-33,35-38,46-50,52,57-61,64-65H,15-23,27,34,39-45H2,1-14H3,(H,74,82)(H,75,83)(H,76,86)(H,77,88)(H,78,84)(H,79,85)/t50-,52?,58-,59+,60-,61-,64-,65-/m0/s1. The molecule has 0 radical (unpaired) electrons. The van der Waals surface area contributed by atoms with Gasteiger partial charge >= 0.3 is 24.0 Å². The maximum Gasteiger partial charge on any atom is 0.407 e. The highest BCUT2D eigenvalue weighted by Gasteiger charge is 2.38. The molecule has 4 rings (SSSR count). The highest BCUT2D eigenvalue weighted by molar-refractivity contribution is 5.98. The third-order valence-electron chi connectivity index (χ3n) is 16.3. The average Bonchev–Trinajstić information content (AvgIpc) is 1.62. The predicted octanol–water partition coefficient (Wildman–Crippen LogP) is 11.9. The summed E-state index contributed by atoms with van der Waals surface area (Å²) in [6.45, 7) is 25.4. The smallest absolute Gasteiger partial charge is 0.407 e. The first-order valence-electron chi connectivity index (χ1n) is 33.9. The average molecular weight is 1280 g/mol. The molecule has 1 aliphatic rings. The zero-order valence-electron chi connectivity index (χ0n) is 57.5. The van der Waals surface area contributed by atoms with Crippen LogP contribution in [0, 0.1) is 29.6 Å². The van der Waals surface area contributed by atoms with E-state index in [1.807, 2.05) is 127 Å². The van der Waals surface area contributed by atoms with Crippen molar-refractivity contribution in [2.45, 2.75) is 260 Å². The minimum atomic E-state index is -1.64. The summed E-state index contributed by atoms with van der Waals surface area (Å²) < 4.78 is 23.2. The first-order valence-corrected chi connectivity index (χ1v) is 33.9. The highest BCUT2D eigenvalue weighted by Crippen LogP contribution is 2.44. The van der Waals surface area contributed by atoms with Crippen LogP contribution >= 0.6 is 0 Å². The predicted molar refractivity (Wildman–Crippen MR) is 357 cm³/mol. The second kappa shape index (κ2) is 39.3. The van der Waals surface area contributed by atoms with Crippen molar-refractivity contribution in [3.8, 4) is 11.1 Å². The van der Waals surface area contributed by atoms with Crippen molar-refractivity contribution in [3.63, 3.8) is 0 Å². The monoisotopic (exact) mass is 1280 g/mol. The van der Waals surface area contributed by atoms with Crippen LogP contribution in [0.15, 0.2) is 78.9 Å². The van der Waals surface area contributed by atoms with E-state index in [1.165, 1.54) is 25.7 Å². The van der Waals surface area contributed by atoms with Crippen LogP contribution in [0.4, 0.5) is 4.79 Å². The van der Waals surface area contributed by atoms with Gasteiger partial charge in [-0.2, -0.15) is 0 Å². The van der Waals surface area contributed by atoms with Gasteiger partial charge < -0.3 is 50.8 Å². The fraction of sp³-hybridized carbons (Fsp3) is 0.630. The van der Waals surface area contributed by atoms with Crippen LogP contribution in [-0.2, 0) is 63.9 Å². The second-order valence-corrected chi connectivity index (χ2v) is 27.5. The van der Waals surface area contributed by atoms with Crippen LogP contribution in [0.25, 0.3) is 11.1 Å². The highest BCUT2D eigenvalue weighted by atomic mass is 16.6. The fourth-order valence-corrected chi connectivity index (χ4v) is 11.3. The number of ether oxygens (including phenoxy) is 4. The Kier molecular flexibility index (Phi) is 32.9. The summed E-state index contributed by atoms with van der Waals surface area (Å²) in [5.41, 5.74) is 4.01. The Morgan fingerprint density at radius 2 is 0.935 bits per heavy atom. The number of carbonyl (C=O) groups is 9. The van der Waals surface area contributed by atoms with Crippen molar-refractivity contribution in [2.75, 3.05) is 6.61 Å². The Morgan fingerprint density at radius 3 is 1.43 bits per heavy atom.